The number of amides is 2. The maximum atomic E-state index is 11.5. The Labute approximate surface area is 112 Å². The zero-order valence-electron chi connectivity index (χ0n) is 10.7. The van der Waals surface area contributed by atoms with E-state index in [0.29, 0.717) is 25.9 Å². The quantitative estimate of drug-likeness (QED) is 0.705. The second-order valence-electron chi connectivity index (χ2n) is 4.06. The molecular formula is C13H20N2O2S. The van der Waals surface area contributed by atoms with E-state index in [0.717, 1.165) is 17.7 Å². The largest absolute Gasteiger partial charge is 0.354 e. The molecule has 0 unspecified atom stereocenters. The van der Waals surface area contributed by atoms with Crippen molar-refractivity contribution in [2.75, 3.05) is 13.1 Å². The van der Waals surface area contributed by atoms with Gasteiger partial charge >= 0.3 is 0 Å². The number of hydrogen-bond acceptors (Lipinski definition) is 3. The van der Waals surface area contributed by atoms with Gasteiger partial charge in [-0.25, -0.2) is 0 Å². The van der Waals surface area contributed by atoms with Gasteiger partial charge in [-0.3, -0.25) is 9.59 Å². The molecule has 0 atom stereocenters. The van der Waals surface area contributed by atoms with E-state index in [1.165, 1.54) is 0 Å². The van der Waals surface area contributed by atoms with Gasteiger partial charge in [-0.2, -0.15) is 0 Å². The smallest absolute Gasteiger partial charge is 0.225 e. The van der Waals surface area contributed by atoms with Gasteiger partial charge in [-0.05, 0) is 17.9 Å². The number of hydrogen-bond donors (Lipinski definition) is 2. The minimum atomic E-state index is 0.000238. The van der Waals surface area contributed by atoms with E-state index in [1.54, 1.807) is 11.3 Å². The Hall–Kier alpha value is -1.36. The maximum Gasteiger partial charge on any atom is 0.225 e. The van der Waals surface area contributed by atoms with Crippen molar-refractivity contribution in [1.29, 1.82) is 0 Å². The predicted molar refractivity (Wildman–Crippen MR) is 73.6 cm³/mol. The lowest BCUT2D eigenvalue weighted by molar-refractivity contribution is -0.122. The summed E-state index contributed by atoms with van der Waals surface area (Å²) < 4.78 is 0. The van der Waals surface area contributed by atoms with Crippen LogP contribution in [0, 0.1) is 0 Å². The summed E-state index contributed by atoms with van der Waals surface area (Å²) in [5.74, 6) is 0.0598. The van der Waals surface area contributed by atoms with E-state index in [9.17, 15) is 9.59 Å². The molecule has 1 heterocycles. The van der Waals surface area contributed by atoms with E-state index < -0.39 is 0 Å². The van der Waals surface area contributed by atoms with Crippen LogP contribution in [0.3, 0.4) is 0 Å². The number of carbonyl (C=O) groups is 2. The van der Waals surface area contributed by atoms with Crippen LogP contribution in [0.15, 0.2) is 17.5 Å². The van der Waals surface area contributed by atoms with Crippen molar-refractivity contribution in [3.63, 3.8) is 0 Å². The van der Waals surface area contributed by atoms with Gasteiger partial charge < -0.3 is 10.6 Å². The van der Waals surface area contributed by atoms with Gasteiger partial charge in [-0.15, -0.1) is 11.3 Å². The standard InChI is InChI=1S/C13H20N2O2S/c1-2-3-6-12(16)14-7-8-15-13(17)10-11-5-4-9-18-11/h4-5,9H,2-3,6-8,10H2,1H3,(H,14,16)(H,15,17). The summed E-state index contributed by atoms with van der Waals surface area (Å²) in [5.41, 5.74) is 0. The number of unbranched alkanes of at least 4 members (excludes halogenated alkanes) is 1. The summed E-state index contributed by atoms with van der Waals surface area (Å²) in [6.45, 7) is 3.04. The fraction of sp³-hybridized carbons (Fsp3) is 0.538. The highest BCUT2D eigenvalue weighted by molar-refractivity contribution is 7.10. The van der Waals surface area contributed by atoms with Crippen LogP contribution in [0.4, 0.5) is 0 Å². The Kier molecular flexibility index (Phi) is 7.10. The molecule has 0 aliphatic carbocycles. The van der Waals surface area contributed by atoms with E-state index >= 15 is 0 Å². The van der Waals surface area contributed by atoms with Crippen molar-refractivity contribution in [1.82, 2.24) is 10.6 Å². The molecule has 18 heavy (non-hydrogen) atoms. The fourth-order valence-corrected chi connectivity index (χ4v) is 2.17. The van der Waals surface area contributed by atoms with Crippen molar-refractivity contribution in [2.45, 2.75) is 32.6 Å². The molecule has 1 aromatic heterocycles. The molecule has 2 amide bonds. The molecule has 0 radical (unpaired) electrons. The summed E-state index contributed by atoms with van der Waals surface area (Å²) in [7, 11) is 0. The molecule has 0 aromatic carbocycles. The van der Waals surface area contributed by atoms with Crippen LogP contribution in [-0.4, -0.2) is 24.9 Å². The highest BCUT2D eigenvalue weighted by Crippen LogP contribution is 2.08. The van der Waals surface area contributed by atoms with E-state index in [4.69, 9.17) is 0 Å². The van der Waals surface area contributed by atoms with Crippen LogP contribution in [-0.2, 0) is 16.0 Å². The molecule has 0 bridgehead atoms. The lowest BCUT2D eigenvalue weighted by atomic mass is 10.2. The highest BCUT2D eigenvalue weighted by Gasteiger charge is 2.04. The molecule has 0 aliphatic heterocycles. The van der Waals surface area contributed by atoms with Crippen LogP contribution >= 0.6 is 11.3 Å². The number of nitrogens with one attached hydrogen (secondary N) is 2. The molecule has 4 nitrogen and oxygen atoms in total. The molecule has 5 heteroatoms. The van der Waals surface area contributed by atoms with Crippen molar-refractivity contribution in [2.24, 2.45) is 0 Å². The summed E-state index contributed by atoms with van der Waals surface area (Å²) >= 11 is 1.57. The van der Waals surface area contributed by atoms with Gasteiger partial charge in [-0.1, -0.05) is 19.4 Å². The summed E-state index contributed by atoms with van der Waals surface area (Å²) in [5, 5.41) is 7.52. The average molecular weight is 268 g/mol. The van der Waals surface area contributed by atoms with Crippen molar-refractivity contribution in [3.05, 3.63) is 22.4 Å². The molecule has 0 fully saturated rings. The number of carbonyl (C=O) groups excluding carboxylic acids is 2. The highest BCUT2D eigenvalue weighted by atomic mass is 32.1. The first-order chi connectivity index (χ1) is 8.72. The summed E-state index contributed by atoms with van der Waals surface area (Å²) in [4.78, 5) is 23.8. The molecule has 0 spiro atoms. The molecular weight excluding hydrogens is 248 g/mol. The molecule has 1 rings (SSSR count). The summed E-state index contributed by atoms with van der Waals surface area (Å²) in [6, 6.07) is 3.87. The third-order valence-corrected chi connectivity index (χ3v) is 3.32. The van der Waals surface area contributed by atoms with Crippen molar-refractivity contribution >= 4 is 23.2 Å². The normalized spacial score (nSPS) is 10.1. The Bertz CT molecular complexity index is 363. The molecule has 0 saturated carbocycles. The van der Waals surface area contributed by atoms with Crippen molar-refractivity contribution in [3.8, 4) is 0 Å². The van der Waals surface area contributed by atoms with Gasteiger partial charge in [0.1, 0.15) is 0 Å². The van der Waals surface area contributed by atoms with Gasteiger partial charge in [0, 0.05) is 24.4 Å². The molecule has 0 aliphatic rings. The third kappa shape index (κ3) is 6.39. The van der Waals surface area contributed by atoms with Gasteiger partial charge in [0.15, 0.2) is 0 Å². The summed E-state index contributed by atoms with van der Waals surface area (Å²) in [6.07, 6.45) is 2.92. The lowest BCUT2D eigenvalue weighted by Gasteiger charge is -2.06. The van der Waals surface area contributed by atoms with E-state index in [2.05, 4.69) is 17.6 Å². The first-order valence-electron chi connectivity index (χ1n) is 6.28. The minimum Gasteiger partial charge on any atom is -0.354 e. The van der Waals surface area contributed by atoms with Crippen molar-refractivity contribution < 1.29 is 9.59 Å². The first-order valence-corrected chi connectivity index (χ1v) is 7.16. The Morgan fingerprint density at radius 3 is 2.56 bits per heavy atom. The maximum absolute atomic E-state index is 11.5. The van der Waals surface area contributed by atoms with Gasteiger partial charge in [0.25, 0.3) is 0 Å². The minimum absolute atomic E-state index is 0.000238. The van der Waals surface area contributed by atoms with Crippen LogP contribution in [0.2, 0.25) is 0 Å². The second-order valence-corrected chi connectivity index (χ2v) is 5.09. The zero-order chi connectivity index (χ0) is 13.2. The topological polar surface area (TPSA) is 58.2 Å². The SMILES string of the molecule is CCCCC(=O)NCCNC(=O)Cc1cccs1. The average Bonchev–Trinajstić information content (AvgIpc) is 2.85. The number of rotatable bonds is 8. The zero-order valence-corrected chi connectivity index (χ0v) is 11.5. The van der Waals surface area contributed by atoms with E-state index in [-0.39, 0.29) is 11.8 Å². The molecule has 1 aromatic rings. The van der Waals surface area contributed by atoms with Gasteiger partial charge in [0.05, 0.1) is 6.42 Å². The fourth-order valence-electron chi connectivity index (χ4n) is 1.46. The third-order valence-electron chi connectivity index (χ3n) is 2.44. The molecule has 2 N–H and O–H groups in total. The van der Waals surface area contributed by atoms with E-state index in [1.807, 2.05) is 17.5 Å². The van der Waals surface area contributed by atoms with Crippen LogP contribution in [0.25, 0.3) is 0 Å². The lowest BCUT2D eigenvalue weighted by Crippen LogP contribution is -2.35. The Balaban J connectivity index is 2.03. The number of thiophene rings is 1. The van der Waals surface area contributed by atoms with Crippen LogP contribution in [0.1, 0.15) is 31.1 Å². The molecule has 100 valence electrons. The molecule has 0 saturated heterocycles. The second kappa shape index (κ2) is 8.69. The van der Waals surface area contributed by atoms with Gasteiger partial charge in [0.2, 0.25) is 11.8 Å². The Morgan fingerprint density at radius 2 is 1.94 bits per heavy atom. The first kappa shape index (κ1) is 14.7. The van der Waals surface area contributed by atoms with Crippen LogP contribution < -0.4 is 10.6 Å². The van der Waals surface area contributed by atoms with Crippen LogP contribution in [0.5, 0.6) is 0 Å². The Morgan fingerprint density at radius 1 is 1.22 bits per heavy atom. The predicted octanol–water partition coefficient (Wildman–Crippen LogP) is 1.71. The monoisotopic (exact) mass is 268 g/mol.